The van der Waals surface area contributed by atoms with Gasteiger partial charge in [0.1, 0.15) is 5.56 Å². The highest BCUT2D eigenvalue weighted by Gasteiger charge is 2.29. The molecular weight excluding hydrogens is 278 g/mol. The predicted molar refractivity (Wildman–Crippen MR) is 87.0 cm³/mol. The second-order valence-electron chi connectivity index (χ2n) is 6.01. The lowest BCUT2D eigenvalue weighted by molar-refractivity contribution is 0.0927. The van der Waals surface area contributed by atoms with Crippen LogP contribution in [0.25, 0.3) is 10.9 Å². The van der Waals surface area contributed by atoms with Crippen LogP contribution in [0.3, 0.4) is 0 Å². The van der Waals surface area contributed by atoms with Gasteiger partial charge in [-0.1, -0.05) is 24.6 Å². The van der Waals surface area contributed by atoms with Crippen molar-refractivity contribution in [2.75, 3.05) is 6.54 Å². The summed E-state index contributed by atoms with van der Waals surface area (Å²) in [5.74, 6) is 0.0126. The van der Waals surface area contributed by atoms with Gasteiger partial charge < -0.3 is 16.0 Å². The first-order valence-electron chi connectivity index (χ1n) is 7.74. The van der Waals surface area contributed by atoms with Crippen LogP contribution in [-0.2, 0) is 0 Å². The highest BCUT2D eigenvalue weighted by atomic mass is 16.2. The molecule has 1 aliphatic rings. The zero-order chi connectivity index (χ0) is 15.7. The number of aromatic nitrogens is 1. The number of pyridine rings is 1. The number of para-hydroxylation sites is 1. The van der Waals surface area contributed by atoms with Gasteiger partial charge in [0.05, 0.1) is 0 Å². The molecule has 1 heterocycles. The number of carbonyl (C=O) groups excluding carboxylic acids is 1. The molecule has 0 bridgehead atoms. The van der Waals surface area contributed by atoms with E-state index in [9.17, 15) is 9.59 Å². The van der Waals surface area contributed by atoms with E-state index in [-0.39, 0.29) is 23.1 Å². The van der Waals surface area contributed by atoms with Crippen LogP contribution in [-0.4, -0.2) is 23.5 Å². The lowest BCUT2D eigenvalue weighted by atomic mass is 10.0. The van der Waals surface area contributed by atoms with Gasteiger partial charge in [-0.3, -0.25) is 9.59 Å². The molecule has 2 unspecified atom stereocenters. The lowest BCUT2D eigenvalue weighted by Crippen LogP contribution is -2.42. The van der Waals surface area contributed by atoms with Crippen LogP contribution < -0.4 is 16.6 Å². The van der Waals surface area contributed by atoms with E-state index in [1.165, 1.54) is 0 Å². The zero-order valence-corrected chi connectivity index (χ0v) is 12.7. The quantitative estimate of drug-likeness (QED) is 0.806. The number of rotatable bonds is 3. The Morgan fingerprint density at radius 2 is 2.14 bits per heavy atom. The molecule has 5 nitrogen and oxygen atoms in total. The van der Waals surface area contributed by atoms with Crippen LogP contribution in [0.5, 0.6) is 0 Å². The Morgan fingerprint density at radius 1 is 1.36 bits per heavy atom. The van der Waals surface area contributed by atoms with Crippen LogP contribution in [0.4, 0.5) is 0 Å². The summed E-state index contributed by atoms with van der Waals surface area (Å²) in [4.78, 5) is 27.6. The number of aromatic amines is 1. The standard InChI is InChI=1S/C17H21N3O2/c1-10-12-6-2-3-7-14(12)20-17(22)15(10)16(21)19-13-8-4-5-11(13)9-18/h2-3,6-7,11,13H,4-5,8-9,18H2,1H3,(H,19,21)(H,20,22). The maximum absolute atomic E-state index is 12.6. The number of hydrogen-bond acceptors (Lipinski definition) is 3. The van der Waals surface area contributed by atoms with E-state index in [1.807, 2.05) is 31.2 Å². The Morgan fingerprint density at radius 3 is 2.91 bits per heavy atom. The van der Waals surface area contributed by atoms with Crippen molar-refractivity contribution in [1.82, 2.24) is 10.3 Å². The van der Waals surface area contributed by atoms with E-state index in [1.54, 1.807) is 0 Å². The molecule has 22 heavy (non-hydrogen) atoms. The number of aryl methyl sites for hydroxylation is 1. The van der Waals surface area contributed by atoms with Crippen molar-refractivity contribution in [2.45, 2.75) is 32.2 Å². The lowest BCUT2D eigenvalue weighted by Gasteiger charge is -2.20. The third kappa shape index (κ3) is 2.52. The Hall–Kier alpha value is -2.14. The van der Waals surface area contributed by atoms with Crippen LogP contribution in [0.15, 0.2) is 29.1 Å². The summed E-state index contributed by atoms with van der Waals surface area (Å²) < 4.78 is 0. The van der Waals surface area contributed by atoms with Crippen molar-refractivity contribution in [3.05, 3.63) is 45.7 Å². The van der Waals surface area contributed by atoms with Gasteiger partial charge in [-0.15, -0.1) is 0 Å². The van der Waals surface area contributed by atoms with Gasteiger partial charge >= 0.3 is 0 Å². The number of amides is 1. The third-order valence-electron chi connectivity index (χ3n) is 4.69. The second kappa shape index (κ2) is 5.93. The largest absolute Gasteiger partial charge is 0.349 e. The molecule has 1 aromatic carbocycles. The second-order valence-corrected chi connectivity index (χ2v) is 6.01. The number of benzene rings is 1. The Balaban J connectivity index is 1.95. The average Bonchev–Trinajstić information content (AvgIpc) is 2.94. The van der Waals surface area contributed by atoms with Crippen molar-refractivity contribution in [1.29, 1.82) is 0 Å². The monoisotopic (exact) mass is 299 g/mol. The smallest absolute Gasteiger partial charge is 0.261 e. The number of nitrogens with two attached hydrogens (primary N) is 1. The molecule has 0 spiro atoms. The van der Waals surface area contributed by atoms with E-state index >= 15 is 0 Å². The molecule has 1 fully saturated rings. The van der Waals surface area contributed by atoms with Gasteiger partial charge in [-0.05, 0) is 43.9 Å². The molecule has 0 aliphatic heterocycles. The van der Waals surface area contributed by atoms with Crippen molar-refractivity contribution >= 4 is 16.8 Å². The average molecular weight is 299 g/mol. The number of nitrogens with one attached hydrogen (secondary N) is 2. The molecular formula is C17H21N3O2. The van der Waals surface area contributed by atoms with E-state index in [0.717, 1.165) is 35.7 Å². The number of carbonyl (C=O) groups is 1. The number of hydrogen-bond donors (Lipinski definition) is 3. The Bertz CT molecular complexity index is 766. The first kappa shape index (κ1) is 14.8. The van der Waals surface area contributed by atoms with E-state index in [0.29, 0.717) is 12.5 Å². The fourth-order valence-electron chi connectivity index (χ4n) is 3.43. The zero-order valence-electron chi connectivity index (χ0n) is 12.7. The van der Waals surface area contributed by atoms with Gasteiger partial charge in [0.15, 0.2) is 0 Å². The topological polar surface area (TPSA) is 88.0 Å². The summed E-state index contributed by atoms with van der Waals surface area (Å²) in [5, 5.41) is 3.90. The van der Waals surface area contributed by atoms with Crippen molar-refractivity contribution in [3.63, 3.8) is 0 Å². The summed E-state index contributed by atoms with van der Waals surface area (Å²) in [6.07, 6.45) is 3.03. The highest BCUT2D eigenvalue weighted by Crippen LogP contribution is 2.25. The molecule has 2 atom stereocenters. The molecule has 116 valence electrons. The minimum Gasteiger partial charge on any atom is -0.349 e. The third-order valence-corrected chi connectivity index (χ3v) is 4.69. The minimum absolute atomic E-state index is 0.0720. The number of fused-ring (bicyclic) bond motifs is 1. The summed E-state index contributed by atoms with van der Waals surface area (Å²) in [7, 11) is 0. The molecule has 1 aromatic heterocycles. The van der Waals surface area contributed by atoms with Crippen molar-refractivity contribution in [2.24, 2.45) is 11.7 Å². The molecule has 1 amide bonds. The maximum Gasteiger partial charge on any atom is 0.261 e. The Labute approximate surface area is 128 Å². The molecule has 1 aliphatic carbocycles. The molecule has 5 heteroatoms. The molecule has 0 saturated heterocycles. The van der Waals surface area contributed by atoms with Crippen LogP contribution >= 0.6 is 0 Å². The van der Waals surface area contributed by atoms with Crippen molar-refractivity contribution in [3.8, 4) is 0 Å². The molecule has 0 radical (unpaired) electrons. The van der Waals surface area contributed by atoms with Gasteiger partial charge in [0.25, 0.3) is 11.5 Å². The van der Waals surface area contributed by atoms with Crippen LogP contribution in [0.1, 0.15) is 35.2 Å². The van der Waals surface area contributed by atoms with Gasteiger partial charge in [0, 0.05) is 16.9 Å². The number of H-pyrrole nitrogens is 1. The highest BCUT2D eigenvalue weighted by molar-refractivity contribution is 6.00. The summed E-state index contributed by atoms with van der Waals surface area (Å²) in [5.41, 5.74) is 7.10. The predicted octanol–water partition coefficient (Wildman–Crippen LogP) is 1.69. The Kier molecular flexibility index (Phi) is 3.98. The molecule has 1 saturated carbocycles. The summed E-state index contributed by atoms with van der Waals surface area (Å²) >= 11 is 0. The van der Waals surface area contributed by atoms with Crippen LogP contribution in [0, 0.1) is 12.8 Å². The van der Waals surface area contributed by atoms with Gasteiger partial charge in [-0.25, -0.2) is 0 Å². The summed E-state index contributed by atoms with van der Waals surface area (Å²) in [6.45, 7) is 2.39. The van der Waals surface area contributed by atoms with Crippen LogP contribution in [0.2, 0.25) is 0 Å². The molecule has 4 N–H and O–H groups in total. The normalized spacial score (nSPS) is 21.2. The SMILES string of the molecule is Cc1c(C(=O)NC2CCCC2CN)c(=O)[nH]c2ccccc12. The van der Waals surface area contributed by atoms with Gasteiger partial charge in [-0.2, -0.15) is 0 Å². The first-order chi connectivity index (χ1) is 10.6. The van der Waals surface area contributed by atoms with Gasteiger partial charge in [0.2, 0.25) is 0 Å². The van der Waals surface area contributed by atoms with E-state index in [4.69, 9.17) is 5.73 Å². The fourth-order valence-corrected chi connectivity index (χ4v) is 3.43. The van der Waals surface area contributed by atoms with E-state index < -0.39 is 0 Å². The molecule has 3 rings (SSSR count). The molecule has 2 aromatic rings. The fraction of sp³-hybridized carbons (Fsp3) is 0.412. The van der Waals surface area contributed by atoms with E-state index in [2.05, 4.69) is 10.3 Å². The van der Waals surface area contributed by atoms with Crippen molar-refractivity contribution < 1.29 is 4.79 Å². The first-order valence-corrected chi connectivity index (χ1v) is 7.74. The summed E-state index contributed by atoms with van der Waals surface area (Å²) in [6, 6.07) is 7.59. The maximum atomic E-state index is 12.6. The minimum atomic E-state index is -0.337.